The number of nitrogens with zero attached hydrogens (tertiary/aromatic N) is 4. The van der Waals surface area contributed by atoms with Crippen LogP contribution in [-0.4, -0.2) is 24.9 Å². The van der Waals surface area contributed by atoms with Crippen molar-refractivity contribution in [3.63, 3.8) is 0 Å². The van der Waals surface area contributed by atoms with Crippen molar-refractivity contribution >= 4 is 11.4 Å². The molecule has 6 heteroatoms. The largest absolute Gasteiger partial charge is 0.350 e. The lowest BCUT2D eigenvalue weighted by Crippen LogP contribution is -2.25. The van der Waals surface area contributed by atoms with Crippen molar-refractivity contribution in [2.24, 2.45) is 0 Å². The highest BCUT2D eigenvalue weighted by molar-refractivity contribution is 5.95. The molecule has 0 atom stereocenters. The molecule has 0 N–H and O–H groups in total. The van der Waals surface area contributed by atoms with Gasteiger partial charge < -0.3 is 0 Å². The van der Waals surface area contributed by atoms with Gasteiger partial charge in [-0.1, -0.05) is 31.2 Å². The Hall–Kier alpha value is -2.76. The first-order valence-corrected chi connectivity index (χ1v) is 6.70. The van der Waals surface area contributed by atoms with Crippen LogP contribution in [0.1, 0.15) is 22.8 Å². The predicted molar refractivity (Wildman–Crippen MR) is 77.4 cm³/mol. The van der Waals surface area contributed by atoms with E-state index in [1.54, 1.807) is 12.1 Å². The van der Waals surface area contributed by atoms with Gasteiger partial charge in [-0.3, -0.25) is 9.78 Å². The molecule has 2 heterocycles. The first-order valence-electron chi connectivity index (χ1n) is 6.70. The summed E-state index contributed by atoms with van der Waals surface area (Å²) in [6.07, 6.45) is 5.44. The molecule has 0 unspecified atom stereocenters. The molecule has 3 aromatic rings. The Morgan fingerprint density at radius 2 is 2.00 bits per heavy atom. The van der Waals surface area contributed by atoms with Crippen LogP contribution < -0.4 is 5.69 Å². The average molecular weight is 282 g/mol. The summed E-state index contributed by atoms with van der Waals surface area (Å²) in [6, 6.07) is 7.40. The summed E-state index contributed by atoms with van der Waals surface area (Å²) in [7, 11) is 0. The molecule has 3 rings (SSSR count). The van der Waals surface area contributed by atoms with Crippen LogP contribution in [0.3, 0.4) is 0 Å². The molecule has 0 aliphatic carbocycles. The Morgan fingerprint density at radius 1 is 1.24 bits per heavy atom. The van der Waals surface area contributed by atoms with E-state index < -0.39 is 0 Å². The maximum Gasteiger partial charge on any atom is 0.350 e. The molecule has 6 nitrogen and oxygen atoms in total. The molecule has 21 heavy (non-hydrogen) atoms. The molecule has 0 bridgehead atoms. The third-order valence-corrected chi connectivity index (χ3v) is 3.37. The minimum Gasteiger partial charge on any atom is -0.292 e. The third kappa shape index (κ3) is 2.47. The fourth-order valence-electron chi connectivity index (χ4n) is 2.14. The number of rotatable bonds is 4. The zero-order valence-corrected chi connectivity index (χ0v) is 11.6. The van der Waals surface area contributed by atoms with Crippen molar-refractivity contribution in [2.75, 3.05) is 0 Å². The van der Waals surface area contributed by atoms with Crippen LogP contribution in [0, 0.1) is 0 Å². The van der Waals surface area contributed by atoms with Gasteiger partial charge in [0.2, 0.25) is 0 Å². The van der Waals surface area contributed by atoms with Crippen molar-refractivity contribution in [1.82, 2.24) is 19.2 Å². The minimum absolute atomic E-state index is 0.0774. The van der Waals surface area contributed by atoms with Gasteiger partial charge in [0.25, 0.3) is 0 Å². The van der Waals surface area contributed by atoms with E-state index >= 15 is 0 Å². The lowest BCUT2D eigenvalue weighted by Gasteiger charge is -2.01. The quantitative estimate of drug-likeness (QED) is 0.677. The van der Waals surface area contributed by atoms with E-state index in [2.05, 4.69) is 17.0 Å². The molecule has 2 aromatic heterocycles. The van der Waals surface area contributed by atoms with Crippen molar-refractivity contribution in [1.29, 1.82) is 0 Å². The van der Waals surface area contributed by atoms with Gasteiger partial charge in [-0.25, -0.2) is 13.9 Å². The maximum atomic E-state index is 12.2. The van der Waals surface area contributed by atoms with E-state index in [0.29, 0.717) is 11.2 Å². The normalized spacial score (nSPS) is 10.9. The predicted octanol–water partition coefficient (Wildman–Crippen LogP) is 1.34. The molecule has 1 aromatic carbocycles. The van der Waals surface area contributed by atoms with Crippen LogP contribution in [0.2, 0.25) is 0 Å². The maximum absolute atomic E-state index is 12.2. The second-order valence-electron chi connectivity index (χ2n) is 4.72. The van der Waals surface area contributed by atoms with E-state index in [0.717, 1.165) is 11.1 Å². The van der Waals surface area contributed by atoms with Gasteiger partial charge in [0.1, 0.15) is 6.54 Å². The first-order chi connectivity index (χ1) is 10.2. The van der Waals surface area contributed by atoms with Gasteiger partial charge >= 0.3 is 5.69 Å². The Morgan fingerprint density at radius 3 is 2.67 bits per heavy atom. The highest BCUT2D eigenvalue weighted by Crippen LogP contribution is 2.06. The highest BCUT2D eigenvalue weighted by Gasteiger charge is 2.12. The summed E-state index contributed by atoms with van der Waals surface area (Å²) in [5.74, 6) is -0.142. The number of ketones is 1. The number of hydrogen-bond acceptors (Lipinski definition) is 4. The second kappa shape index (κ2) is 5.32. The number of carbonyl (C=O) groups is 1. The smallest absolute Gasteiger partial charge is 0.292 e. The van der Waals surface area contributed by atoms with Crippen molar-refractivity contribution in [2.45, 2.75) is 19.9 Å². The fourth-order valence-corrected chi connectivity index (χ4v) is 2.14. The van der Waals surface area contributed by atoms with Crippen molar-refractivity contribution in [3.8, 4) is 0 Å². The Kier molecular flexibility index (Phi) is 3.35. The number of fused-ring (bicyclic) bond motifs is 1. The van der Waals surface area contributed by atoms with Gasteiger partial charge in [0.15, 0.2) is 11.4 Å². The van der Waals surface area contributed by atoms with E-state index in [1.807, 2.05) is 12.1 Å². The number of benzene rings is 1. The van der Waals surface area contributed by atoms with Crippen LogP contribution in [0.15, 0.2) is 47.7 Å². The molecule has 0 amide bonds. The fraction of sp³-hybridized carbons (Fsp3) is 0.200. The summed E-state index contributed by atoms with van der Waals surface area (Å²) in [5, 5.41) is 4.10. The molecule has 0 spiro atoms. The number of Topliss-reactive ketones (excluding diaryl/α,β-unsaturated/α-hetero) is 1. The van der Waals surface area contributed by atoms with Crippen molar-refractivity contribution in [3.05, 3.63) is 64.5 Å². The van der Waals surface area contributed by atoms with Crippen LogP contribution in [0.25, 0.3) is 5.65 Å². The summed E-state index contributed by atoms with van der Waals surface area (Å²) in [6.45, 7) is 1.98. The van der Waals surface area contributed by atoms with Gasteiger partial charge in [-0.05, 0) is 12.0 Å². The molecule has 106 valence electrons. The van der Waals surface area contributed by atoms with E-state index in [1.165, 1.54) is 28.6 Å². The Balaban J connectivity index is 1.88. The van der Waals surface area contributed by atoms with Gasteiger partial charge in [0.05, 0.1) is 6.20 Å². The molecule has 0 fully saturated rings. The number of hydrogen-bond donors (Lipinski definition) is 0. The van der Waals surface area contributed by atoms with Gasteiger partial charge in [-0.15, -0.1) is 5.10 Å². The summed E-state index contributed by atoms with van der Waals surface area (Å²) < 4.78 is 2.52. The lowest BCUT2D eigenvalue weighted by molar-refractivity contribution is 0.0966. The highest BCUT2D eigenvalue weighted by atomic mass is 16.2. The van der Waals surface area contributed by atoms with E-state index in [-0.39, 0.29) is 18.0 Å². The summed E-state index contributed by atoms with van der Waals surface area (Å²) in [4.78, 5) is 28.2. The van der Waals surface area contributed by atoms with Crippen LogP contribution >= 0.6 is 0 Å². The standard InChI is InChI=1S/C15H14N4O2/c1-2-11-3-5-12(6-4-11)13(20)10-19-15(21)18-8-7-16-9-14(18)17-19/h3-9H,2,10H2,1H3. The Bertz CT molecular complexity index is 846. The second-order valence-corrected chi connectivity index (χ2v) is 4.72. The van der Waals surface area contributed by atoms with Gasteiger partial charge in [0, 0.05) is 18.0 Å². The topological polar surface area (TPSA) is 69.3 Å². The summed E-state index contributed by atoms with van der Waals surface area (Å²) in [5.41, 5.74) is 1.83. The average Bonchev–Trinajstić information content (AvgIpc) is 2.84. The molecule has 0 saturated heterocycles. The van der Waals surface area contributed by atoms with E-state index in [9.17, 15) is 9.59 Å². The van der Waals surface area contributed by atoms with Crippen LogP contribution in [0.4, 0.5) is 0 Å². The third-order valence-electron chi connectivity index (χ3n) is 3.37. The first kappa shape index (κ1) is 13.2. The lowest BCUT2D eigenvalue weighted by atomic mass is 10.1. The van der Waals surface area contributed by atoms with Crippen molar-refractivity contribution < 1.29 is 4.79 Å². The van der Waals surface area contributed by atoms with Crippen LogP contribution in [-0.2, 0) is 13.0 Å². The number of aromatic nitrogens is 4. The number of carbonyl (C=O) groups excluding carboxylic acids is 1. The van der Waals surface area contributed by atoms with Gasteiger partial charge in [-0.2, -0.15) is 0 Å². The zero-order chi connectivity index (χ0) is 14.8. The Labute approximate surface area is 120 Å². The molecular formula is C15H14N4O2. The van der Waals surface area contributed by atoms with Crippen LogP contribution in [0.5, 0.6) is 0 Å². The number of aryl methyl sites for hydroxylation is 1. The molecule has 0 aliphatic rings. The summed E-state index contributed by atoms with van der Waals surface area (Å²) >= 11 is 0. The molecule has 0 saturated carbocycles. The van der Waals surface area contributed by atoms with E-state index in [4.69, 9.17) is 0 Å². The zero-order valence-electron chi connectivity index (χ0n) is 11.6. The SMILES string of the molecule is CCc1ccc(C(=O)Cn2nc3cnccn3c2=O)cc1. The minimum atomic E-state index is -0.342. The molecular weight excluding hydrogens is 268 g/mol. The molecule has 0 radical (unpaired) electrons. The monoisotopic (exact) mass is 282 g/mol. The molecule has 0 aliphatic heterocycles.